The molecule has 2 aromatic heterocycles. The van der Waals surface area contributed by atoms with Gasteiger partial charge in [0.25, 0.3) is 5.91 Å². The normalized spacial score (nSPS) is 20.3. The third-order valence-corrected chi connectivity index (χ3v) is 8.87. The third kappa shape index (κ3) is 5.00. The summed E-state index contributed by atoms with van der Waals surface area (Å²) in [7, 11) is 0. The first kappa shape index (κ1) is 25.8. The van der Waals surface area contributed by atoms with E-state index in [1.165, 1.54) is 11.3 Å². The highest BCUT2D eigenvalue weighted by molar-refractivity contribution is 7.22. The van der Waals surface area contributed by atoms with Crippen molar-refractivity contribution in [2.24, 2.45) is 5.92 Å². The van der Waals surface area contributed by atoms with E-state index in [2.05, 4.69) is 15.3 Å². The number of nitrogens with one attached hydrogen (secondary N) is 2. The second-order valence-corrected chi connectivity index (χ2v) is 10.8. The smallest absolute Gasteiger partial charge is 0.337 e. The van der Waals surface area contributed by atoms with E-state index in [0.29, 0.717) is 71.9 Å². The van der Waals surface area contributed by atoms with Crippen molar-refractivity contribution < 1.29 is 24.2 Å². The molecule has 2 amide bonds. The molecule has 2 atom stereocenters. The minimum absolute atomic E-state index is 0.0718. The Morgan fingerprint density at radius 1 is 1.19 bits per heavy atom. The van der Waals surface area contributed by atoms with E-state index in [9.17, 15) is 19.5 Å². The number of aromatic nitrogens is 2. The van der Waals surface area contributed by atoms with Gasteiger partial charge in [0.15, 0.2) is 5.13 Å². The van der Waals surface area contributed by atoms with Crippen LogP contribution in [0.5, 0.6) is 0 Å². The van der Waals surface area contributed by atoms with Gasteiger partial charge in [-0.25, -0.2) is 9.78 Å². The summed E-state index contributed by atoms with van der Waals surface area (Å²) in [4.78, 5) is 49.7. The van der Waals surface area contributed by atoms with E-state index >= 15 is 0 Å². The van der Waals surface area contributed by atoms with Gasteiger partial charge in [-0.3, -0.25) is 9.59 Å². The average Bonchev–Trinajstić information content (AvgIpc) is 3.45. The lowest BCUT2D eigenvalue weighted by Gasteiger charge is -2.40. The van der Waals surface area contributed by atoms with Gasteiger partial charge in [-0.1, -0.05) is 40.6 Å². The number of hydrogen-bond acceptors (Lipinski definition) is 7. The number of nitrogens with zero attached hydrogens (tertiary/aromatic N) is 3. The Bertz CT molecular complexity index is 1370. The molecule has 2 aliphatic heterocycles. The van der Waals surface area contributed by atoms with Crippen LogP contribution in [0.1, 0.15) is 33.0 Å². The number of ether oxygens (including phenoxy) is 1. The molecule has 2 aliphatic rings. The van der Waals surface area contributed by atoms with Crippen LogP contribution in [0.15, 0.2) is 18.2 Å². The number of carbonyl (C=O) groups is 3. The van der Waals surface area contributed by atoms with Crippen LogP contribution in [0.3, 0.4) is 0 Å². The second kappa shape index (κ2) is 10.5. The van der Waals surface area contributed by atoms with Crippen molar-refractivity contribution in [1.29, 1.82) is 0 Å². The number of fused-ring (bicyclic) bond motifs is 1. The molecule has 37 heavy (non-hydrogen) atoms. The van der Waals surface area contributed by atoms with E-state index in [1.807, 2.05) is 4.90 Å². The molecule has 2 saturated heterocycles. The van der Waals surface area contributed by atoms with E-state index in [0.717, 1.165) is 0 Å². The number of aromatic carboxylic acids is 1. The van der Waals surface area contributed by atoms with Crippen molar-refractivity contribution in [3.05, 3.63) is 45.2 Å². The fraction of sp³-hybridized carbons (Fsp3) is 0.417. The van der Waals surface area contributed by atoms with Gasteiger partial charge in [-0.2, -0.15) is 0 Å². The fourth-order valence-corrected chi connectivity index (χ4v) is 6.30. The number of aromatic amines is 1. The van der Waals surface area contributed by atoms with Gasteiger partial charge >= 0.3 is 5.97 Å². The van der Waals surface area contributed by atoms with Crippen molar-refractivity contribution in [3.8, 4) is 0 Å². The number of carboxylic acids is 1. The molecule has 196 valence electrons. The third-order valence-electron chi connectivity index (χ3n) is 6.75. The second-order valence-electron chi connectivity index (χ2n) is 9.07. The predicted octanol–water partition coefficient (Wildman–Crippen LogP) is 3.42. The standard InChI is InChI=1S/C24H25Cl2N5O5S/c1-12-17(25)18(26)19(27-12)21(32)28-15-5-6-31(11-14(15)22(33)30-7-9-36-10-8-30)24-29-16-4-2-3-13(23(34)35)20(16)37-24/h2-4,14-15,27H,5-11H2,1H3,(H,28,32)(H,34,35)/t14-,15+/m0/s1. The summed E-state index contributed by atoms with van der Waals surface area (Å²) in [5, 5.41) is 13.6. The number of piperidine rings is 1. The van der Waals surface area contributed by atoms with Crippen molar-refractivity contribution in [3.63, 3.8) is 0 Å². The molecule has 1 aromatic carbocycles. The van der Waals surface area contributed by atoms with Crippen LogP contribution in [-0.2, 0) is 9.53 Å². The number of aryl methyl sites for hydroxylation is 1. The predicted molar refractivity (Wildman–Crippen MR) is 141 cm³/mol. The van der Waals surface area contributed by atoms with Gasteiger partial charge in [0.2, 0.25) is 5.91 Å². The number of anilines is 1. The number of carboxylic acid groups (broad SMARTS) is 1. The van der Waals surface area contributed by atoms with E-state index < -0.39 is 23.8 Å². The van der Waals surface area contributed by atoms with Gasteiger partial charge in [-0.15, -0.1) is 0 Å². The minimum Gasteiger partial charge on any atom is -0.478 e. The summed E-state index contributed by atoms with van der Waals surface area (Å²) in [6.45, 7) is 4.46. The Balaban J connectivity index is 1.41. The molecule has 13 heteroatoms. The molecule has 0 spiro atoms. The molecule has 0 radical (unpaired) electrons. The number of benzene rings is 1. The van der Waals surface area contributed by atoms with Crippen LogP contribution < -0.4 is 10.2 Å². The molecule has 10 nitrogen and oxygen atoms in total. The molecule has 5 rings (SSSR count). The van der Waals surface area contributed by atoms with Gasteiger partial charge in [0.05, 0.1) is 45.0 Å². The number of hydrogen-bond donors (Lipinski definition) is 3. The van der Waals surface area contributed by atoms with Crippen LogP contribution >= 0.6 is 34.5 Å². The number of thiazole rings is 1. The Labute approximate surface area is 226 Å². The SMILES string of the molecule is Cc1[nH]c(C(=O)N[C@@H]2CCN(c3nc4cccc(C(=O)O)c4s3)C[C@@H]2C(=O)N2CCOCC2)c(Cl)c1Cl. The molecule has 4 heterocycles. The zero-order valence-corrected chi connectivity index (χ0v) is 22.3. The summed E-state index contributed by atoms with van der Waals surface area (Å²) in [6, 6.07) is 4.56. The summed E-state index contributed by atoms with van der Waals surface area (Å²) < 4.78 is 5.99. The molecule has 3 aromatic rings. The van der Waals surface area contributed by atoms with Gasteiger partial charge in [0, 0.05) is 37.9 Å². The first-order chi connectivity index (χ1) is 17.7. The maximum atomic E-state index is 13.6. The number of morpholine rings is 1. The number of amides is 2. The highest BCUT2D eigenvalue weighted by Gasteiger charge is 2.39. The first-order valence-electron chi connectivity index (χ1n) is 11.8. The molecule has 0 aliphatic carbocycles. The van der Waals surface area contributed by atoms with Crippen LogP contribution in [0.25, 0.3) is 10.2 Å². The zero-order chi connectivity index (χ0) is 26.3. The maximum absolute atomic E-state index is 13.6. The molecule has 0 bridgehead atoms. The van der Waals surface area contributed by atoms with Crippen LogP contribution in [-0.4, -0.2) is 83.2 Å². The van der Waals surface area contributed by atoms with Crippen LogP contribution in [0.2, 0.25) is 10.0 Å². The lowest BCUT2D eigenvalue weighted by atomic mass is 9.90. The minimum atomic E-state index is -1.01. The van der Waals surface area contributed by atoms with Gasteiger partial charge < -0.3 is 29.9 Å². The summed E-state index contributed by atoms with van der Waals surface area (Å²) in [5.74, 6) is -2.06. The van der Waals surface area contributed by atoms with Crippen molar-refractivity contribution >= 4 is 67.7 Å². The fourth-order valence-electron chi connectivity index (χ4n) is 4.78. The molecule has 2 fully saturated rings. The monoisotopic (exact) mass is 565 g/mol. The van der Waals surface area contributed by atoms with Crippen LogP contribution in [0.4, 0.5) is 5.13 Å². The molecule has 3 N–H and O–H groups in total. The van der Waals surface area contributed by atoms with Crippen LogP contribution in [0, 0.1) is 12.8 Å². The summed E-state index contributed by atoms with van der Waals surface area (Å²) in [5.41, 5.74) is 1.54. The number of H-pyrrole nitrogens is 1. The van der Waals surface area contributed by atoms with Gasteiger partial charge in [-0.05, 0) is 25.5 Å². The topological polar surface area (TPSA) is 128 Å². The molecule has 0 saturated carbocycles. The highest BCUT2D eigenvalue weighted by atomic mass is 35.5. The van der Waals surface area contributed by atoms with E-state index in [-0.39, 0.29) is 22.2 Å². The lowest BCUT2D eigenvalue weighted by molar-refractivity contribution is -0.140. The zero-order valence-electron chi connectivity index (χ0n) is 19.9. The first-order valence-corrected chi connectivity index (χ1v) is 13.4. The highest BCUT2D eigenvalue weighted by Crippen LogP contribution is 2.35. The average molecular weight is 566 g/mol. The van der Waals surface area contributed by atoms with Crippen molar-refractivity contribution in [2.45, 2.75) is 19.4 Å². The lowest BCUT2D eigenvalue weighted by Crippen LogP contribution is -2.57. The molecular weight excluding hydrogens is 541 g/mol. The Morgan fingerprint density at radius 2 is 1.95 bits per heavy atom. The summed E-state index contributed by atoms with van der Waals surface area (Å²) >= 11 is 13.7. The largest absolute Gasteiger partial charge is 0.478 e. The van der Waals surface area contributed by atoms with Crippen molar-refractivity contribution in [2.75, 3.05) is 44.3 Å². The maximum Gasteiger partial charge on any atom is 0.337 e. The molecular formula is C24H25Cl2N5O5S. The Morgan fingerprint density at radius 3 is 2.62 bits per heavy atom. The van der Waals surface area contributed by atoms with E-state index in [4.69, 9.17) is 27.9 Å². The van der Waals surface area contributed by atoms with Crippen molar-refractivity contribution in [1.82, 2.24) is 20.2 Å². The number of carbonyl (C=O) groups excluding carboxylic acids is 2. The summed E-state index contributed by atoms with van der Waals surface area (Å²) in [6.07, 6.45) is 0.485. The Hall–Kier alpha value is -2.86. The number of halogens is 2. The van der Waals surface area contributed by atoms with E-state index in [1.54, 1.807) is 30.0 Å². The quantitative estimate of drug-likeness (QED) is 0.432. The van der Waals surface area contributed by atoms with Gasteiger partial charge in [0.1, 0.15) is 5.69 Å². The number of rotatable bonds is 5. The Kier molecular flexibility index (Phi) is 7.30. The molecule has 0 unspecified atom stereocenters.